The summed E-state index contributed by atoms with van der Waals surface area (Å²) in [4.78, 5) is 30.5. The van der Waals surface area contributed by atoms with Gasteiger partial charge in [0.1, 0.15) is 0 Å². The molecule has 2 N–H and O–H groups in total. The fraction of sp³-hybridized carbons (Fsp3) is 0. The number of nitrogens with zero attached hydrogens (tertiary/aromatic N) is 2. The van der Waals surface area contributed by atoms with E-state index in [1.807, 2.05) is 0 Å². The zero-order valence-corrected chi connectivity index (χ0v) is 13.6. The SMILES string of the molecule is O=C(N/N=C/c1cc(Cl)ccc1Cl)c1nc2ccccc2c(=O)[nH]1. The standard InChI is InChI=1S/C16H10Cl2N4O2/c17-10-5-6-12(18)9(7-10)8-19-22-16(24)14-20-13-4-2-1-3-11(13)15(23)21-14/h1-8H,(H,22,24)(H,20,21,23)/b19-8+. The first kappa shape index (κ1) is 16.2. The average Bonchev–Trinajstić information content (AvgIpc) is 2.58. The van der Waals surface area contributed by atoms with Crippen LogP contribution in [0, 0.1) is 0 Å². The minimum Gasteiger partial charge on any atom is -0.302 e. The summed E-state index contributed by atoms with van der Waals surface area (Å²) in [6.45, 7) is 0. The van der Waals surface area contributed by atoms with Gasteiger partial charge in [-0.1, -0.05) is 35.3 Å². The quantitative estimate of drug-likeness (QED) is 0.555. The molecule has 0 radical (unpaired) electrons. The van der Waals surface area contributed by atoms with Crippen LogP contribution in [-0.2, 0) is 0 Å². The van der Waals surface area contributed by atoms with E-state index in [9.17, 15) is 9.59 Å². The largest absolute Gasteiger partial charge is 0.307 e. The van der Waals surface area contributed by atoms with Crippen molar-refractivity contribution in [2.75, 3.05) is 0 Å². The molecular weight excluding hydrogens is 351 g/mol. The lowest BCUT2D eigenvalue weighted by Crippen LogP contribution is -2.24. The zero-order chi connectivity index (χ0) is 17.1. The Balaban J connectivity index is 1.81. The molecule has 6 nitrogen and oxygen atoms in total. The molecule has 0 saturated heterocycles. The van der Waals surface area contributed by atoms with E-state index in [1.165, 1.54) is 6.21 Å². The van der Waals surface area contributed by atoms with Crippen molar-refractivity contribution in [3.8, 4) is 0 Å². The van der Waals surface area contributed by atoms with Gasteiger partial charge in [0.2, 0.25) is 5.82 Å². The Morgan fingerprint density at radius 2 is 2.00 bits per heavy atom. The Labute approximate surface area is 146 Å². The summed E-state index contributed by atoms with van der Waals surface area (Å²) in [7, 11) is 0. The number of halogens is 2. The molecule has 2 aromatic carbocycles. The van der Waals surface area contributed by atoms with E-state index in [1.54, 1.807) is 42.5 Å². The highest BCUT2D eigenvalue weighted by Crippen LogP contribution is 2.18. The van der Waals surface area contributed by atoms with Gasteiger partial charge in [0.05, 0.1) is 17.1 Å². The first-order chi connectivity index (χ1) is 11.5. The number of para-hydroxylation sites is 1. The number of nitrogens with one attached hydrogen (secondary N) is 2. The first-order valence-electron chi connectivity index (χ1n) is 6.82. The molecule has 3 aromatic rings. The van der Waals surface area contributed by atoms with E-state index in [-0.39, 0.29) is 5.82 Å². The molecule has 120 valence electrons. The highest BCUT2D eigenvalue weighted by atomic mass is 35.5. The third-order valence-electron chi connectivity index (χ3n) is 3.16. The van der Waals surface area contributed by atoms with Crippen LogP contribution in [-0.4, -0.2) is 22.1 Å². The van der Waals surface area contributed by atoms with E-state index in [2.05, 4.69) is 20.5 Å². The number of fused-ring (bicyclic) bond motifs is 1. The van der Waals surface area contributed by atoms with Gasteiger partial charge in [0, 0.05) is 15.6 Å². The molecule has 0 spiro atoms. The van der Waals surface area contributed by atoms with Gasteiger partial charge in [-0.25, -0.2) is 10.4 Å². The van der Waals surface area contributed by atoms with E-state index in [0.717, 1.165) is 0 Å². The molecule has 0 aliphatic rings. The van der Waals surface area contributed by atoms with Crippen molar-refractivity contribution in [2.24, 2.45) is 5.10 Å². The predicted octanol–water partition coefficient (Wildman–Crippen LogP) is 2.99. The summed E-state index contributed by atoms with van der Waals surface area (Å²) in [6.07, 6.45) is 1.35. The number of hydrogen-bond acceptors (Lipinski definition) is 4. The van der Waals surface area contributed by atoms with Crippen molar-refractivity contribution in [1.29, 1.82) is 0 Å². The molecule has 3 rings (SSSR count). The van der Waals surface area contributed by atoms with E-state index in [0.29, 0.717) is 26.5 Å². The maximum absolute atomic E-state index is 12.1. The third kappa shape index (κ3) is 3.45. The van der Waals surface area contributed by atoms with Gasteiger partial charge >= 0.3 is 5.91 Å². The van der Waals surface area contributed by atoms with Crippen LogP contribution in [0.2, 0.25) is 10.0 Å². The van der Waals surface area contributed by atoms with Crippen LogP contribution in [0.3, 0.4) is 0 Å². The number of aromatic nitrogens is 2. The second-order valence-corrected chi connectivity index (χ2v) is 5.64. The van der Waals surface area contributed by atoms with Gasteiger partial charge in [0.25, 0.3) is 5.56 Å². The summed E-state index contributed by atoms with van der Waals surface area (Å²) in [5.74, 6) is -0.778. The number of benzene rings is 2. The number of aromatic amines is 1. The lowest BCUT2D eigenvalue weighted by Gasteiger charge is -2.02. The van der Waals surface area contributed by atoms with Gasteiger partial charge in [-0.3, -0.25) is 9.59 Å². The number of carbonyl (C=O) groups excluding carboxylic acids is 1. The summed E-state index contributed by atoms with van der Waals surface area (Å²) < 4.78 is 0. The lowest BCUT2D eigenvalue weighted by atomic mass is 10.2. The highest BCUT2D eigenvalue weighted by Gasteiger charge is 2.10. The predicted molar refractivity (Wildman–Crippen MR) is 93.9 cm³/mol. The molecular formula is C16H10Cl2N4O2. The van der Waals surface area contributed by atoms with Crippen LogP contribution in [0.25, 0.3) is 10.9 Å². The Kier molecular flexibility index (Phi) is 4.59. The fourth-order valence-corrected chi connectivity index (χ4v) is 2.37. The zero-order valence-electron chi connectivity index (χ0n) is 12.1. The van der Waals surface area contributed by atoms with Crippen LogP contribution >= 0.6 is 23.2 Å². The van der Waals surface area contributed by atoms with Gasteiger partial charge in [-0.15, -0.1) is 0 Å². The van der Waals surface area contributed by atoms with Crippen LogP contribution in [0.15, 0.2) is 52.4 Å². The van der Waals surface area contributed by atoms with Gasteiger partial charge in [-0.2, -0.15) is 5.10 Å². The fourth-order valence-electron chi connectivity index (χ4n) is 2.02. The molecule has 0 bridgehead atoms. The number of H-pyrrole nitrogens is 1. The van der Waals surface area contributed by atoms with Crippen LogP contribution in [0.1, 0.15) is 16.2 Å². The molecule has 1 heterocycles. The average molecular weight is 361 g/mol. The van der Waals surface area contributed by atoms with Gasteiger partial charge < -0.3 is 4.98 Å². The molecule has 8 heteroatoms. The molecule has 0 aliphatic carbocycles. The Bertz CT molecular complexity index is 1010. The maximum Gasteiger partial charge on any atom is 0.307 e. The van der Waals surface area contributed by atoms with Crippen molar-refractivity contribution < 1.29 is 4.79 Å². The minimum atomic E-state index is -0.646. The Morgan fingerprint density at radius 3 is 2.83 bits per heavy atom. The monoisotopic (exact) mass is 360 g/mol. The van der Waals surface area contributed by atoms with Crippen molar-refractivity contribution in [3.05, 3.63) is 74.3 Å². The first-order valence-corrected chi connectivity index (χ1v) is 7.58. The second-order valence-electron chi connectivity index (χ2n) is 4.80. The number of rotatable bonds is 3. The molecule has 1 aromatic heterocycles. The van der Waals surface area contributed by atoms with E-state index in [4.69, 9.17) is 23.2 Å². The van der Waals surface area contributed by atoms with Crippen molar-refractivity contribution in [1.82, 2.24) is 15.4 Å². The number of carbonyl (C=O) groups is 1. The molecule has 1 amide bonds. The smallest absolute Gasteiger partial charge is 0.302 e. The van der Waals surface area contributed by atoms with Crippen molar-refractivity contribution in [3.63, 3.8) is 0 Å². The summed E-state index contributed by atoms with van der Waals surface area (Å²) in [5.41, 5.74) is 2.86. The topological polar surface area (TPSA) is 87.2 Å². The summed E-state index contributed by atoms with van der Waals surface area (Å²) >= 11 is 11.9. The molecule has 0 atom stereocenters. The molecule has 0 fully saturated rings. The summed E-state index contributed by atoms with van der Waals surface area (Å²) in [6, 6.07) is 11.6. The molecule has 24 heavy (non-hydrogen) atoms. The lowest BCUT2D eigenvalue weighted by molar-refractivity contribution is 0.0945. The molecule has 0 aliphatic heterocycles. The van der Waals surface area contributed by atoms with Crippen molar-refractivity contribution in [2.45, 2.75) is 0 Å². The third-order valence-corrected chi connectivity index (χ3v) is 3.74. The van der Waals surface area contributed by atoms with E-state index >= 15 is 0 Å². The van der Waals surface area contributed by atoms with Gasteiger partial charge in [-0.05, 0) is 30.3 Å². The number of hydrazone groups is 1. The minimum absolute atomic E-state index is 0.131. The molecule has 0 saturated carbocycles. The Hall–Kier alpha value is -2.70. The number of hydrogen-bond donors (Lipinski definition) is 2. The molecule has 0 unspecified atom stereocenters. The van der Waals surface area contributed by atoms with Crippen LogP contribution < -0.4 is 11.0 Å². The van der Waals surface area contributed by atoms with Gasteiger partial charge in [0.15, 0.2) is 0 Å². The van der Waals surface area contributed by atoms with E-state index < -0.39 is 11.5 Å². The maximum atomic E-state index is 12.1. The van der Waals surface area contributed by atoms with Crippen LogP contribution in [0.4, 0.5) is 0 Å². The van der Waals surface area contributed by atoms with Crippen molar-refractivity contribution >= 4 is 46.2 Å². The normalized spacial score (nSPS) is 11.1. The van der Waals surface area contributed by atoms with Crippen LogP contribution in [0.5, 0.6) is 0 Å². The summed E-state index contributed by atoms with van der Waals surface area (Å²) in [5, 5.41) is 5.14. The Morgan fingerprint density at radius 1 is 1.21 bits per heavy atom. The second kappa shape index (κ2) is 6.82. The number of amides is 1. The highest BCUT2D eigenvalue weighted by molar-refractivity contribution is 6.35.